The van der Waals surface area contributed by atoms with Crippen LogP contribution in [-0.4, -0.2) is 39.7 Å². The van der Waals surface area contributed by atoms with Crippen molar-refractivity contribution in [3.63, 3.8) is 0 Å². The van der Waals surface area contributed by atoms with Gasteiger partial charge in [0.25, 0.3) is 5.91 Å². The van der Waals surface area contributed by atoms with E-state index in [1.165, 1.54) is 0 Å². The summed E-state index contributed by atoms with van der Waals surface area (Å²) in [4.78, 5) is 15.0. The van der Waals surface area contributed by atoms with Crippen molar-refractivity contribution in [2.75, 3.05) is 18.4 Å². The van der Waals surface area contributed by atoms with E-state index in [-0.39, 0.29) is 5.91 Å². The van der Waals surface area contributed by atoms with Crippen LogP contribution in [0.15, 0.2) is 30.3 Å². The normalized spacial score (nSPS) is 17.8. The maximum absolute atomic E-state index is 13.0. The summed E-state index contributed by atoms with van der Waals surface area (Å²) in [5, 5.41) is 8.03. The summed E-state index contributed by atoms with van der Waals surface area (Å²) in [6.07, 6.45) is 2.11. The molecule has 1 aliphatic heterocycles. The molecule has 5 nitrogen and oxygen atoms in total. The van der Waals surface area contributed by atoms with Crippen LogP contribution in [0.4, 0.5) is 5.69 Å². The van der Waals surface area contributed by atoms with Gasteiger partial charge in [0.15, 0.2) is 0 Å². The molecule has 24 heavy (non-hydrogen) atoms. The molecule has 1 aromatic carbocycles. The van der Waals surface area contributed by atoms with E-state index in [4.69, 9.17) is 0 Å². The minimum atomic E-state index is 0.115. The predicted molar refractivity (Wildman–Crippen MR) is 96.4 cm³/mol. The second kappa shape index (κ2) is 7.07. The number of rotatable bonds is 4. The van der Waals surface area contributed by atoms with Gasteiger partial charge in [0.05, 0.1) is 11.3 Å². The number of nitrogens with one attached hydrogen (secondary N) is 1. The summed E-state index contributed by atoms with van der Waals surface area (Å²) >= 11 is 0. The molecule has 1 fully saturated rings. The molecule has 1 amide bonds. The van der Waals surface area contributed by atoms with E-state index in [1.54, 1.807) is 0 Å². The van der Waals surface area contributed by atoms with Crippen LogP contribution < -0.4 is 5.32 Å². The Bertz CT molecular complexity index is 708. The summed E-state index contributed by atoms with van der Waals surface area (Å²) in [7, 11) is 0. The Morgan fingerprint density at radius 1 is 1.29 bits per heavy atom. The Labute approximate surface area is 143 Å². The zero-order chi connectivity index (χ0) is 17.1. The van der Waals surface area contributed by atoms with Crippen LogP contribution in [0.1, 0.15) is 41.5 Å². The highest BCUT2D eigenvalue weighted by molar-refractivity contribution is 5.96. The van der Waals surface area contributed by atoms with Crippen molar-refractivity contribution in [2.24, 2.45) is 0 Å². The Morgan fingerprint density at radius 2 is 2.04 bits per heavy atom. The maximum Gasteiger partial charge on any atom is 0.257 e. The van der Waals surface area contributed by atoms with Crippen LogP contribution in [0.25, 0.3) is 0 Å². The average molecular weight is 326 g/mol. The standard InChI is InChI=1S/C19H26N4O/c1-4-23-15(3)18(14(2)21-23)19(24)22-12-8-11-17(13-22)20-16-9-6-5-7-10-16/h5-7,9-10,17,20H,4,8,11-13H2,1-3H3. The Kier molecular flexibility index (Phi) is 4.88. The van der Waals surface area contributed by atoms with Crippen molar-refractivity contribution >= 4 is 11.6 Å². The summed E-state index contributed by atoms with van der Waals surface area (Å²) < 4.78 is 1.91. The zero-order valence-electron chi connectivity index (χ0n) is 14.7. The number of anilines is 1. The first kappa shape index (κ1) is 16.6. The van der Waals surface area contributed by atoms with Gasteiger partial charge in [-0.2, -0.15) is 5.10 Å². The fourth-order valence-electron chi connectivity index (χ4n) is 3.52. The van der Waals surface area contributed by atoms with Crippen molar-refractivity contribution in [1.82, 2.24) is 14.7 Å². The fraction of sp³-hybridized carbons (Fsp3) is 0.474. The highest BCUT2D eigenvalue weighted by atomic mass is 16.2. The molecular formula is C19H26N4O. The van der Waals surface area contributed by atoms with E-state index >= 15 is 0 Å². The Morgan fingerprint density at radius 3 is 2.71 bits per heavy atom. The first-order chi connectivity index (χ1) is 11.6. The molecule has 1 unspecified atom stereocenters. The van der Waals surface area contributed by atoms with Gasteiger partial charge in [-0.3, -0.25) is 9.48 Å². The SMILES string of the molecule is CCn1nc(C)c(C(=O)N2CCCC(Nc3ccccc3)C2)c1C. The van der Waals surface area contributed by atoms with E-state index in [2.05, 4.69) is 29.5 Å². The van der Waals surface area contributed by atoms with Crippen LogP contribution >= 0.6 is 0 Å². The molecule has 1 aromatic heterocycles. The largest absolute Gasteiger partial charge is 0.381 e. The van der Waals surface area contributed by atoms with E-state index < -0.39 is 0 Å². The molecule has 3 rings (SSSR count). The van der Waals surface area contributed by atoms with E-state index in [9.17, 15) is 4.79 Å². The van der Waals surface area contributed by atoms with Gasteiger partial charge in [-0.15, -0.1) is 0 Å². The van der Waals surface area contributed by atoms with Crippen LogP contribution in [-0.2, 0) is 6.54 Å². The van der Waals surface area contributed by atoms with Gasteiger partial charge in [0.1, 0.15) is 0 Å². The van der Waals surface area contributed by atoms with Gasteiger partial charge in [0.2, 0.25) is 0 Å². The van der Waals surface area contributed by atoms with E-state index in [0.29, 0.717) is 6.04 Å². The van der Waals surface area contributed by atoms with Crippen molar-refractivity contribution in [2.45, 2.75) is 46.2 Å². The smallest absolute Gasteiger partial charge is 0.257 e. The third kappa shape index (κ3) is 3.30. The number of hydrogen-bond donors (Lipinski definition) is 1. The van der Waals surface area contributed by atoms with Crippen LogP contribution in [0, 0.1) is 13.8 Å². The summed E-state index contributed by atoms with van der Waals surface area (Å²) in [5.74, 6) is 0.115. The first-order valence-electron chi connectivity index (χ1n) is 8.75. The summed E-state index contributed by atoms with van der Waals surface area (Å²) in [6, 6.07) is 10.5. The molecule has 5 heteroatoms. The summed E-state index contributed by atoms with van der Waals surface area (Å²) in [5.41, 5.74) is 3.69. The zero-order valence-corrected chi connectivity index (χ0v) is 14.7. The van der Waals surface area contributed by atoms with Crippen LogP contribution in [0.5, 0.6) is 0 Å². The van der Waals surface area contributed by atoms with Crippen molar-refractivity contribution in [3.8, 4) is 0 Å². The van der Waals surface area contributed by atoms with Crippen molar-refractivity contribution < 1.29 is 4.79 Å². The predicted octanol–water partition coefficient (Wildman–Crippen LogP) is 3.24. The molecule has 2 heterocycles. The number of aryl methyl sites for hydroxylation is 2. The molecule has 1 atom stereocenters. The van der Waals surface area contributed by atoms with E-state index in [0.717, 1.165) is 55.1 Å². The number of aromatic nitrogens is 2. The number of para-hydroxylation sites is 1. The quantitative estimate of drug-likeness (QED) is 0.938. The number of amides is 1. The van der Waals surface area contributed by atoms with Crippen molar-refractivity contribution in [1.29, 1.82) is 0 Å². The monoisotopic (exact) mass is 326 g/mol. The highest BCUT2D eigenvalue weighted by Crippen LogP contribution is 2.21. The first-order valence-corrected chi connectivity index (χ1v) is 8.75. The van der Waals surface area contributed by atoms with E-state index in [1.807, 2.05) is 41.6 Å². The lowest BCUT2D eigenvalue weighted by Crippen LogP contribution is -2.45. The lowest BCUT2D eigenvalue weighted by atomic mass is 10.0. The van der Waals surface area contributed by atoms with Gasteiger partial charge in [-0.05, 0) is 45.7 Å². The molecule has 128 valence electrons. The number of piperidine rings is 1. The molecule has 1 aliphatic rings. The number of benzene rings is 1. The topological polar surface area (TPSA) is 50.2 Å². The number of likely N-dealkylation sites (tertiary alicyclic amines) is 1. The second-order valence-corrected chi connectivity index (χ2v) is 6.46. The van der Waals surface area contributed by atoms with Gasteiger partial charge >= 0.3 is 0 Å². The molecule has 0 saturated carbocycles. The average Bonchev–Trinajstić information content (AvgIpc) is 2.89. The van der Waals surface area contributed by atoms with Gasteiger partial charge < -0.3 is 10.2 Å². The lowest BCUT2D eigenvalue weighted by Gasteiger charge is -2.33. The minimum Gasteiger partial charge on any atom is -0.381 e. The lowest BCUT2D eigenvalue weighted by molar-refractivity contribution is 0.0713. The molecule has 0 radical (unpaired) electrons. The number of hydrogen-bond acceptors (Lipinski definition) is 3. The molecule has 1 saturated heterocycles. The molecule has 1 N–H and O–H groups in total. The third-order valence-corrected chi connectivity index (χ3v) is 4.75. The number of carbonyl (C=O) groups is 1. The minimum absolute atomic E-state index is 0.115. The van der Waals surface area contributed by atoms with Crippen molar-refractivity contribution in [3.05, 3.63) is 47.3 Å². The van der Waals surface area contributed by atoms with Gasteiger partial charge in [-0.1, -0.05) is 18.2 Å². The maximum atomic E-state index is 13.0. The van der Waals surface area contributed by atoms with Gasteiger partial charge in [-0.25, -0.2) is 0 Å². The Balaban J connectivity index is 1.72. The van der Waals surface area contributed by atoms with Crippen LogP contribution in [0.2, 0.25) is 0 Å². The van der Waals surface area contributed by atoms with Gasteiger partial charge in [0, 0.05) is 37.1 Å². The number of nitrogens with zero attached hydrogens (tertiary/aromatic N) is 3. The Hall–Kier alpha value is -2.30. The molecule has 0 spiro atoms. The fourth-order valence-corrected chi connectivity index (χ4v) is 3.52. The molecular weight excluding hydrogens is 300 g/mol. The number of carbonyl (C=O) groups excluding carboxylic acids is 1. The second-order valence-electron chi connectivity index (χ2n) is 6.46. The molecule has 2 aromatic rings. The third-order valence-electron chi connectivity index (χ3n) is 4.75. The molecule has 0 aliphatic carbocycles. The summed E-state index contributed by atoms with van der Waals surface area (Å²) in [6.45, 7) is 8.31. The molecule has 0 bridgehead atoms. The highest BCUT2D eigenvalue weighted by Gasteiger charge is 2.28. The van der Waals surface area contributed by atoms with Crippen LogP contribution in [0.3, 0.4) is 0 Å².